The molecule has 32 heavy (non-hydrogen) atoms. The Hall–Kier alpha value is -3.27. The highest BCUT2D eigenvalue weighted by atomic mass is 32.1. The standard InChI is InChI=1S/C22H25N3O6S/c1-28-16-4-6-17(7-5-16)30-14-18-13-25(22(27)31-18)15-8-10-24(11-9-15)21(32)23-20(26)19-3-2-12-29-19/h2-7,12,15,18H,8-11,13-14H2,1H3,(H,23,26,32). The summed E-state index contributed by atoms with van der Waals surface area (Å²) >= 11 is 5.36. The Labute approximate surface area is 191 Å². The van der Waals surface area contributed by atoms with E-state index >= 15 is 0 Å². The molecule has 2 aliphatic heterocycles. The van der Waals surface area contributed by atoms with E-state index in [0.717, 1.165) is 18.6 Å². The third-order valence-corrected chi connectivity index (χ3v) is 5.92. The number of carbonyl (C=O) groups is 2. The van der Waals surface area contributed by atoms with Gasteiger partial charge in [0.1, 0.15) is 18.1 Å². The van der Waals surface area contributed by atoms with Gasteiger partial charge in [-0.3, -0.25) is 10.1 Å². The summed E-state index contributed by atoms with van der Waals surface area (Å²) in [7, 11) is 1.61. The van der Waals surface area contributed by atoms with E-state index in [1.165, 1.54) is 6.26 Å². The summed E-state index contributed by atoms with van der Waals surface area (Å²) in [5, 5.41) is 3.05. The molecular weight excluding hydrogens is 434 g/mol. The highest BCUT2D eigenvalue weighted by Crippen LogP contribution is 2.24. The van der Waals surface area contributed by atoms with Crippen LogP contribution in [-0.2, 0) is 4.74 Å². The lowest BCUT2D eigenvalue weighted by Crippen LogP contribution is -2.50. The van der Waals surface area contributed by atoms with E-state index in [4.69, 9.17) is 30.8 Å². The maximum Gasteiger partial charge on any atom is 0.410 e. The van der Waals surface area contributed by atoms with Crippen LogP contribution >= 0.6 is 12.2 Å². The van der Waals surface area contributed by atoms with Gasteiger partial charge >= 0.3 is 6.09 Å². The molecule has 0 radical (unpaired) electrons. The predicted molar refractivity (Wildman–Crippen MR) is 119 cm³/mol. The van der Waals surface area contributed by atoms with Crippen molar-refractivity contribution in [1.82, 2.24) is 15.1 Å². The fraction of sp³-hybridized carbons (Fsp3) is 0.409. The molecule has 1 atom stereocenters. The van der Waals surface area contributed by atoms with Crippen LogP contribution in [0.3, 0.4) is 0 Å². The van der Waals surface area contributed by atoms with Crippen LogP contribution in [0.1, 0.15) is 23.4 Å². The summed E-state index contributed by atoms with van der Waals surface area (Å²) in [6, 6.07) is 10.6. The Morgan fingerprint density at radius 3 is 2.56 bits per heavy atom. The fourth-order valence-electron chi connectivity index (χ4n) is 3.81. The summed E-state index contributed by atoms with van der Waals surface area (Å²) in [5.74, 6) is 1.29. The van der Waals surface area contributed by atoms with E-state index in [-0.39, 0.29) is 36.5 Å². The number of thiocarbonyl (C=S) groups is 1. The van der Waals surface area contributed by atoms with Gasteiger partial charge in [-0.05, 0) is 61.5 Å². The molecule has 1 N–H and O–H groups in total. The summed E-state index contributed by atoms with van der Waals surface area (Å²) in [6.07, 6.45) is 2.26. The third-order valence-electron chi connectivity index (χ3n) is 5.56. The monoisotopic (exact) mass is 459 g/mol. The molecule has 2 aromatic rings. The van der Waals surface area contributed by atoms with E-state index < -0.39 is 0 Å². The van der Waals surface area contributed by atoms with Crippen molar-refractivity contribution >= 4 is 29.3 Å². The van der Waals surface area contributed by atoms with Crippen molar-refractivity contribution in [1.29, 1.82) is 0 Å². The number of methoxy groups -OCH3 is 1. The highest BCUT2D eigenvalue weighted by Gasteiger charge is 2.38. The SMILES string of the molecule is COc1ccc(OCC2CN(C3CCN(C(=S)NC(=O)c4ccco4)CC3)C(=O)O2)cc1. The van der Waals surface area contributed by atoms with E-state index in [1.807, 2.05) is 29.2 Å². The first-order valence-electron chi connectivity index (χ1n) is 10.4. The molecule has 1 unspecified atom stereocenters. The molecule has 0 spiro atoms. The van der Waals surface area contributed by atoms with Gasteiger partial charge in [-0.25, -0.2) is 4.79 Å². The van der Waals surface area contributed by atoms with Crippen molar-refractivity contribution in [3.05, 3.63) is 48.4 Å². The Morgan fingerprint density at radius 2 is 1.91 bits per heavy atom. The van der Waals surface area contributed by atoms with Gasteiger partial charge in [-0.15, -0.1) is 0 Å². The minimum atomic E-state index is -0.370. The first-order valence-corrected chi connectivity index (χ1v) is 10.8. The van der Waals surface area contributed by atoms with Crippen LogP contribution in [-0.4, -0.2) is 72.4 Å². The lowest BCUT2D eigenvalue weighted by Gasteiger charge is -2.36. The quantitative estimate of drug-likeness (QED) is 0.659. The van der Waals surface area contributed by atoms with Crippen molar-refractivity contribution < 1.29 is 28.2 Å². The zero-order chi connectivity index (χ0) is 22.5. The summed E-state index contributed by atoms with van der Waals surface area (Å²) < 4.78 is 21.5. The second-order valence-electron chi connectivity index (χ2n) is 7.60. The molecule has 4 rings (SSSR count). The number of benzene rings is 1. The second kappa shape index (κ2) is 9.90. The van der Waals surface area contributed by atoms with Crippen LogP contribution in [0.25, 0.3) is 0 Å². The molecule has 170 valence electrons. The highest BCUT2D eigenvalue weighted by molar-refractivity contribution is 7.80. The zero-order valence-corrected chi connectivity index (χ0v) is 18.5. The van der Waals surface area contributed by atoms with E-state index in [2.05, 4.69) is 5.32 Å². The predicted octanol–water partition coefficient (Wildman–Crippen LogP) is 2.67. The minimum absolute atomic E-state index is 0.0633. The van der Waals surface area contributed by atoms with E-state index in [1.54, 1.807) is 24.1 Å². The molecule has 2 fully saturated rings. The lowest BCUT2D eigenvalue weighted by molar-refractivity contribution is 0.0943. The Kier molecular flexibility index (Phi) is 6.79. The molecule has 0 aliphatic carbocycles. The number of nitrogens with one attached hydrogen (secondary N) is 1. The first-order chi connectivity index (χ1) is 15.5. The maximum absolute atomic E-state index is 12.4. The van der Waals surface area contributed by atoms with Crippen molar-refractivity contribution in [2.75, 3.05) is 33.4 Å². The van der Waals surface area contributed by atoms with E-state index in [0.29, 0.717) is 30.5 Å². The smallest absolute Gasteiger partial charge is 0.410 e. The number of furan rings is 1. The summed E-state index contributed by atoms with van der Waals surface area (Å²) in [4.78, 5) is 28.2. The fourth-order valence-corrected chi connectivity index (χ4v) is 4.09. The Balaban J connectivity index is 1.22. The van der Waals surface area contributed by atoms with Crippen LogP contribution in [0.2, 0.25) is 0 Å². The molecule has 1 aromatic carbocycles. The molecule has 2 aliphatic rings. The molecule has 2 saturated heterocycles. The number of hydrogen-bond donors (Lipinski definition) is 1. The molecular formula is C22H25N3O6S. The molecule has 9 nitrogen and oxygen atoms in total. The minimum Gasteiger partial charge on any atom is -0.497 e. The van der Waals surface area contributed by atoms with Crippen LogP contribution in [0.4, 0.5) is 4.79 Å². The van der Waals surface area contributed by atoms with Gasteiger partial charge in [0.25, 0.3) is 5.91 Å². The van der Waals surface area contributed by atoms with Gasteiger partial charge in [-0.2, -0.15) is 0 Å². The average Bonchev–Trinajstić information content (AvgIpc) is 3.48. The van der Waals surface area contributed by atoms with Gasteiger partial charge in [0.2, 0.25) is 0 Å². The molecule has 1 aromatic heterocycles. The van der Waals surface area contributed by atoms with Crippen LogP contribution in [0, 0.1) is 0 Å². The summed E-state index contributed by atoms with van der Waals surface area (Å²) in [6.45, 7) is 2.05. The normalized spacial score (nSPS) is 18.9. The lowest BCUT2D eigenvalue weighted by atomic mass is 10.0. The molecule has 2 amide bonds. The first kappa shape index (κ1) is 21.9. The van der Waals surface area contributed by atoms with Crippen molar-refractivity contribution in [3.8, 4) is 11.5 Å². The Morgan fingerprint density at radius 1 is 1.19 bits per heavy atom. The zero-order valence-electron chi connectivity index (χ0n) is 17.7. The van der Waals surface area contributed by atoms with Crippen LogP contribution in [0.5, 0.6) is 11.5 Å². The molecule has 0 saturated carbocycles. The van der Waals surface area contributed by atoms with Crippen molar-refractivity contribution in [2.45, 2.75) is 25.0 Å². The number of carbonyl (C=O) groups excluding carboxylic acids is 2. The van der Waals surface area contributed by atoms with Crippen molar-refractivity contribution in [3.63, 3.8) is 0 Å². The number of piperidine rings is 1. The molecule has 0 bridgehead atoms. The number of cyclic esters (lactones) is 1. The van der Waals surface area contributed by atoms with Gasteiger partial charge in [0, 0.05) is 19.1 Å². The number of likely N-dealkylation sites (tertiary alicyclic amines) is 1. The molecule has 3 heterocycles. The van der Waals surface area contributed by atoms with Gasteiger partial charge in [-0.1, -0.05) is 0 Å². The Bertz CT molecular complexity index is 941. The molecule has 10 heteroatoms. The van der Waals surface area contributed by atoms with E-state index in [9.17, 15) is 9.59 Å². The average molecular weight is 460 g/mol. The van der Waals surface area contributed by atoms with Crippen LogP contribution < -0.4 is 14.8 Å². The largest absolute Gasteiger partial charge is 0.497 e. The number of nitrogens with zero attached hydrogens (tertiary/aromatic N) is 2. The third kappa shape index (κ3) is 5.13. The van der Waals surface area contributed by atoms with Gasteiger partial charge in [0.15, 0.2) is 17.0 Å². The number of hydrogen-bond acceptors (Lipinski definition) is 7. The second-order valence-corrected chi connectivity index (χ2v) is 7.99. The van der Waals surface area contributed by atoms with Gasteiger partial charge in [0.05, 0.1) is 19.9 Å². The van der Waals surface area contributed by atoms with Crippen molar-refractivity contribution in [2.24, 2.45) is 0 Å². The number of rotatable bonds is 6. The summed E-state index contributed by atoms with van der Waals surface area (Å²) in [5.41, 5.74) is 0. The topological polar surface area (TPSA) is 93.5 Å². The van der Waals surface area contributed by atoms with Gasteiger partial charge < -0.3 is 28.4 Å². The maximum atomic E-state index is 12.4. The van der Waals surface area contributed by atoms with Crippen LogP contribution in [0.15, 0.2) is 47.1 Å². The number of ether oxygens (including phenoxy) is 3. The number of amides is 2.